The first-order valence-corrected chi connectivity index (χ1v) is 6.24. The molecule has 1 unspecified atom stereocenters. The Kier molecular flexibility index (Phi) is 4.77. The number of hydrogen-bond donors (Lipinski definition) is 1. The highest BCUT2D eigenvalue weighted by molar-refractivity contribution is 5.85. The summed E-state index contributed by atoms with van der Waals surface area (Å²) >= 11 is 0. The zero-order valence-electron chi connectivity index (χ0n) is 11.4. The summed E-state index contributed by atoms with van der Waals surface area (Å²) in [7, 11) is 0. The van der Waals surface area contributed by atoms with E-state index in [4.69, 9.17) is 10.7 Å². The normalized spacial score (nSPS) is 13.1. The van der Waals surface area contributed by atoms with Crippen molar-refractivity contribution in [2.75, 3.05) is 0 Å². The van der Waals surface area contributed by atoms with Crippen LogP contribution < -0.4 is 5.73 Å². The highest BCUT2D eigenvalue weighted by Crippen LogP contribution is 2.26. The van der Waals surface area contributed by atoms with Crippen LogP contribution in [0.1, 0.15) is 45.6 Å². The zero-order chi connectivity index (χ0) is 12.6. The van der Waals surface area contributed by atoms with E-state index in [0.29, 0.717) is 12.0 Å². The van der Waals surface area contributed by atoms with E-state index in [1.54, 1.807) is 0 Å². The molecule has 0 amide bonds. The van der Waals surface area contributed by atoms with Gasteiger partial charge in [0.15, 0.2) is 0 Å². The Labute approximate surface area is 115 Å². The van der Waals surface area contributed by atoms with Crippen LogP contribution in [0.4, 0.5) is 0 Å². The van der Waals surface area contributed by atoms with Crippen molar-refractivity contribution in [2.24, 2.45) is 11.7 Å². The van der Waals surface area contributed by atoms with Gasteiger partial charge in [-0.1, -0.05) is 26.0 Å². The molecule has 2 N–H and O–H groups in total. The standard InChI is InChI=1S/C14H21N3.ClH/c1-9(2)13(15)14-16-11-7-5-6-8-12(11)17(14)10(3)4;/h5-10,13H,15H2,1-4H3;1H. The number of benzene rings is 1. The number of aromatic nitrogens is 2. The number of rotatable bonds is 3. The summed E-state index contributed by atoms with van der Waals surface area (Å²) in [6.07, 6.45) is 0. The molecule has 0 aliphatic carbocycles. The second-order valence-electron chi connectivity index (χ2n) is 5.19. The van der Waals surface area contributed by atoms with Gasteiger partial charge in [-0.25, -0.2) is 4.98 Å². The first-order valence-electron chi connectivity index (χ1n) is 6.24. The van der Waals surface area contributed by atoms with Gasteiger partial charge in [-0.2, -0.15) is 0 Å². The number of halogens is 1. The van der Waals surface area contributed by atoms with E-state index in [-0.39, 0.29) is 18.4 Å². The highest BCUT2D eigenvalue weighted by Gasteiger charge is 2.20. The van der Waals surface area contributed by atoms with Gasteiger partial charge in [0.1, 0.15) is 5.82 Å². The lowest BCUT2D eigenvalue weighted by Crippen LogP contribution is -2.22. The molecular weight excluding hydrogens is 246 g/mol. The molecule has 0 spiro atoms. The molecule has 18 heavy (non-hydrogen) atoms. The van der Waals surface area contributed by atoms with Crippen molar-refractivity contribution in [1.82, 2.24) is 9.55 Å². The van der Waals surface area contributed by atoms with E-state index in [9.17, 15) is 0 Å². The van der Waals surface area contributed by atoms with Gasteiger partial charge in [-0.15, -0.1) is 12.4 Å². The average molecular weight is 268 g/mol. The minimum Gasteiger partial charge on any atom is -0.324 e. The van der Waals surface area contributed by atoms with Gasteiger partial charge in [0.2, 0.25) is 0 Å². The molecule has 1 atom stereocenters. The van der Waals surface area contributed by atoms with Gasteiger partial charge in [-0.3, -0.25) is 0 Å². The summed E-state index contributed by atoms with van der Waals surface area (Å²) in [4.78, 5) is 4.69. The summed E-state index contributed by atoms with van der Waals surface area (Å²) < 4.78 is 2.25. The predicted molar refractivity (Wildman–Crippen MR) is 79.1 cm³/mol. The Balaban J connectivity index is 0.00000162. The van der Waals surface area contributed by atoms with Crippen molar-refractivity contribution in [3.05, 3.63) is 30.1 Å². The fraction of sp³-hybridized carbons (Fsp3) is 0.500. The predicted octanol–water partition coefficient (Wildman–Crippen LogP) is 3.69. The monoisotopic (exact) mass is 267 g/mol. The molecule has 0 aliphatic rings. The molecule has 2 aromatic rings. The molecule has 1 aromatic carbocycles. The number of imidazole rings is 1. The molecule has 1 heterocycles. The van der Waals surface area contributed by atoms with Crippen LogP contribution in [-0.2, 0) is 0 Å². The number of nitrogens with two attached hydrogens (primary N) is 1. The number of fused-ring (bicyclic) bond motifs is 1. The lowest BCUT2D eigenvalue weighted by Gasteiger charge is -2.19. The summed E-state index contributed by atoms with van der Waals surface area (Å²) in [5, 5.41) is 0. The second kappa shape index (κ2) is 5.72. The molecule has 1 aromatic heterocycles. The van der Waals surface area contributed by atoms with Gasteiger partial charge in [-0.05, 0) is 31.9 Å². The van der Waals surface area contributed by atoms with E-state index in [2.05, 4.69) is 38.3 Å². The molecule has 0 fully saturated rings. The van der Waals surface area contributed by atoms with Crippen LogP contribution in [0, 0.1) is 5.92 Å². The van der Waals surface area contributed by atoms with Crippen molar-refractivity contribution < 1.29 is 0 Å². The lowest BCUT2D eigenvalue weighted by molar-refractivity contribution is 0.453. The number of para-hydroxylation sites is 2. The topological polar surface area (TPSA) is 43.8 Å². The Bertz CT molecular complexity index is 517. The summed E-state index contributed by atoms with van der Waals surface area (Å²) in [5.74, 6) is 1.39. The third kappa shape index (κ3) is 2.52. The van der Waals surface area contributed by atoms with Gasteiger partial charge in [0.05, 0.1) is 17.1 Å². The van der Waals surface area contributed by atoms with Gasteiger partial charge < -0.3 is 10.3 Å². The van der Waals surface area contributed by atoms with Crippen LogP contribution in [0.3, 0.4) is 0 Å². The van der Waals surface area contributed by atoms with E-state index in [0.717, 1.165) is 11.3 Å². The van der Waals surface area contributed by atoms with Crippen LogP contribution in [-0.4, -0.2) is 9.55 Å². The van der Waals surface area contributed by atoms with Crippen molar-refractivity contribution in [2.45, 2.75) is 39.8 Å². The van der Waals surface area contributed by atoms with Crippen molar-refractivity contribution in [3.63, 3.8) is 0 Å². The molecule has 0 aliphatic heterocycles. The van der Waals surface area contributed by atoms with Crippen LogP contribution in [0.15, 0.2) is 24.3 Å². The van der Waals surface area contributed by atoms with Gasteiger partial charge in [0, 0.05) is 6.04 Å². The molecule has 2 rings (SSSR count). The van der Waals surface area contributed by atoms with E-state index < -0.39 is 0 Å². The number of nitrogens with zero attached hydrogens (tertiary/aromatic N) is 2. The third-order valence-electron chi connectivity index (χ3n) is 3.16. The van der Waals surface area contributed by atoms with Crippen LogP contribution in [0.5, 0.6) is 0 Å². The lowest BCUT2D eigenvalue weighted by atomic mass is 10.0. The quantitative estimate of drug-likeness (QED) is 0.922. The molecular formula is C14H22ClN3. The van der Waals surface area contributed by atoms with Crippen LogP contribution in [0.25, 0.3) is 11.0 Å². The minimum atomic E-state index is -0.00944. The summed E-state index contributed by atoms with van der Waals surface area (Å²) in [5.41, 5.74) is 8.47. The smallest absolute Gasteiger partial charge is 0.127 e. The summed E-state index contributed by atoms with van der Waals surface area (Å²) in [6.45, 7) is 8.61. The molecule has 0 saturated carbocycles. The fourth-order valence-corrected chi connectivity index (χ4v) is 2.14. The largest absolute Gasteiger partial charge is 0.324 e. The molecule has 100 valence electrons. The maximum Gasteiger partial charge on any atom is 0.127 e. The molecule has 0 radical (unpaired) electrons. The SMILES string of the molecule is CC(C)C(N)c1nc2ccccc2n1C(C)C.Cl. The van der Waals surface area contributed by atoms with Crippen LogP contribution >= 0.6 is 12.4 Å². The van der Waals surface area contributed by atoms with Crippen LogP contribution in [0.2, 0.25) is 0 Å². The fourth-order valence-electron chi connectivity index (χ4n) is 2.14. The first kappa shape index (κ1) is 15.0. The molecule has 4 heteroatoms. The van der Waals surface area contributed by atoms with Crippen molar-refractivity contribution >= 4 is 23.4 Å². The highest BCUT2D eigenvalue weighted by atomic mass is 35.5. The number of hydrogen-bond acceptors (Lipinski definition) is 2. The molecule has 0 bridgehead atoms. The van der Waals surface area contributed by atoms with Crippen molar-refractivity contribution in [3.8, 4) is 0 Å². The van der Waals surface area contributed by atoms with Gasteiger partial charge in [0.25, 0.3) is 0 Å². The first-order chi connectivity index (χ1) is 8.02. The van der Waals surface area contributed by atoms with E-state index >= 15 is 0 Å². The third-order valence-corrected chi connectivity index (χ3v) is 3.16. The molecule has 3 nitrogen and oxygen atoms in total. The average Bonchev–Trinajstić information content (AvgIpc) is 2.66. The summed E-state index contributed by atoms with van der Waals surface area (Å²) in [6, 6.07) is 8.59. The maximum absolute atomic E-state index is 6.26. The second-order valence-corrected chi connectivity index (χ2v) is 5.19. The minimum absolute atomic E-state index is 0. The Morgan fingerprint density at radius 2 is 1.72 bits per heavy atom. The Morgan fingerprint density at radius 1 is 1.11 bits per heavy atom. The van der Waals surface area contributed by atoms with Gasteiger partial charge >= 0.3 is 0 Å². The zero-order valence-corrected chi connectivity index (χ0v) is 12.2. The molecule has 0 saturated heterocycles. The van der Waals surface area contributed by atoms with E-state index in [1.165, 1.54) is 5.52 Å². The van der Waals surface area contributed by atoms with E-state index in [1.807, 2.05) is 18.2 Å². The van der Waals surface area contributed by atoms with Crippen molar-refractivity contribution in [1.29, 1.82) is 0 Å². The maximum atomic E-state index is 6.26. The Hall–Kier alpha value is -1.06. The Morgan fingerprint density at radius 3 is 2.28 bits per heavy atom.